The van der Waals surface area contributed by atoms with Gasteiger partial charge in [0.15, 0.2) is 5.78 Å². The number of carbonyl (C=O) groups is 2. The number of hydrogen-bond acceptors (Lipinski definition) is 3. The number of carbonyl (C=O) groups excluding carboxylic acids is 2. The number of hydrogen-bond donors (Lipinski definition) is 0. The summed E-state index contributed by atoms with van der Waals surface area (Å²) in [5.74, 6) is -1.46. The SMILES string of the molecule is COC(=O)/C(=C/c1cccc(C(F)(F)F)c1)C(C)=O. The molecule has 1 aromatic rings. The van der Waals surface area contributed by atoms with Crippen molar-refractivity contribution in [3.05, 3.63) is 41.0 Å². The van der Waals surface area contributed by atoms with E-state index < -0.39 is 23.5 Å². The lowest BCUT2D eigenvalue weighted by atomic mass is 10.1. The van der Waals surface area contributed by atoms with Crippen molar-refractivity contribution in [1.29, 1.82) is 0 Å². The molecule has 1 aromatic carbocycles. The molecule has 0 aromatic heterocycles. The highest BCUT2D eigenvalue weighted by Crippen LogP contribution is 2.30. The zero-order valence-electron chi connectivity index (χ0n) is 10.2. The molecule has 0 heterocycles. The molecule has 0 amide bonds. The standard InChI is InChI=1S/C13H11F3O3/c1-8(17)11(12(18)19-2)7-9-4-3-5-10(6-9)13(14,15)16/h3-7H,1-2H3/b11-7+. The highest BCUT2D eigenvalue weighted by atomic mass is 19.4. The van der Waals surface area contributed by atoms with Crippen LogP contribution in [0.1, 0.15) is 18.1 Å². The molecular weight excluding hydrogens is 261 g/mol. The normalized spacial score (nSPS) is 12.2. The molecule has 0 radical (unpaired) electrons. The van der Waals surface area contributed by atoms with Crippen LogP contribution in [0.15, 0.2) is 29.8 Å². The predicted octanol–water partition coefficient (Wildman–Crippen LogP) is 2.85. The Morgan fingerprint density at radius 3 is 2.37 bits per heavy atom. The van der Waals surface area contributed by atoms with Gasteiger partial charge < -0.3 is 4.74 Å². The number of halogens is 3. The number of rotatable bonds is 3. The molecular formula is C13H11F3O3. The van der Waals surface area contributed by atoms with Crippen LogP contribution in [0.5, 0.6) is 0 Å². The fourth-order valence-electron chi connectivity index (χ4n) is 1.39. The summed E-state index contributed by atoms with van der Waals surface area (Å²) in [5, 5.41) is 0. The third-order valence-corrected chi connectivity index (χ3v) is 2.31. The van der Waals surface area contributed by atoms with E-state index in [4.69, 9.17) is 0 Å². The first-order valence-electron chi connectivity index (χ1n) is 5.24. The van der Waals surface area contributed by atoms with Crippen LogP contribution in [0.3, 0.4) is 0 Å². The van der Waals surface area contributed by atoms with Crippen molar-refractivity contribution in [3.8, 4) is 0 Å². The van der Waals surface area contributed by atoms with Gasteiger partial charge in [0.2, 0.25) is 0 Å². The largest absolute Gasteiger partial charge is 0.465 e. The van der Waals surface area contributed by atoms with Gasteiger partial charge in [-0.2, -0.15) is 13.2 Å². The summed E-state index contributed by atoms with van der Waals surface area (Å²) in [6.07, 6.45) is -3.41. The summed E-state index contributed by atoms with van der Waals surface area (Å²) >= 11 is 0. The number of alkyl halides is 3. The van der Waals surface area contributed by atoms with Crippen LogP contribution in [0.25, 0.3) is 6.08 Å². The van der Waals surface area contributed by atoms with Gasteiger partial charge in [-0.15, -0.1) is 0 Å². The molecule has 3 nitrogen and oxygen atoms in total. The molecule has 0 spiro atoms. The zero-order chi connectivity index (χ0) is 14.6. The van der Waals surface area contributed by atoms with Crippen LogP contribution < -0.4 is 0 Å². The predicted molar refractivity (Wildman–Crippen MR) is 62.1 cm³/mol. The van der Waals surface area contributed by atoms with Gasteiger partial charge in [0.05, 0.1) is 12.7 Å². The lowest BCUT2D eigenvalue weighted by Gasteiger charge is -2.07. The Morgan fingerprint density at radius 1 is 1.26 bits per heavy atom. The number of methoxy groups -OCH3 is 1. The zero-order valence-corrected chi connectivity index (χ0v) is 10.2. The topological polar surface area (TPSA) is 43.4 Å². The van der Waals surface area contributed by atoms with Crippen LogP contribution in [-0.2, 0) is 20.5 Å². The molecule has 0 saturated heterocycles. The Bertz CT molecular complexity index is 530. The second-order valence-corrected chi connectivity index (χ2v) is 3.73. The number of ether oxygens (including phenoxy) is 1. The van der Waals surface area contributed by atoms with Crippen molar-refractivity contribution in [1.82, 2.24) is 0 Å². The van der Waals surface area contributed by atoms with Gasteiger partial charge in [-0.25, -0.2) is 4.79 Å². The number of Topliss-reactive ketones (excluding diaryl/α,β-unsaturated/α-hetero) is 1. The van der Waals surface area contributed by atoms with Crippen molar-refractivity contribution in [3.63, 3.8) is 0 Å². The maximum atomic E-state index is 12.5. The van der Waals surface area contributed by atoms with Crippen molar-refractivity contribution in [2.24, 2.45) is 0 Å². The Kier molecular flexibility index (Phi) is 4.47. The van der Waals surface area contributed by atoms with Crippen LogP contribution in [0.2, 0.25) is 0 Å². The van der Waals surface area contributed by atoms with Crippen molar-refractivity contribution in [2.75, 3.05) is 7.11 Å². The Hall–Kier alpha value is -2.11. The van der Waals surface area contributed by atoms with E-state index in [1.165, 1.54) is 12.1 Å². The van der Waals surface area contributed by atoms with Crippen LogP contribution in [0, 0.1) is 0 Å². The monoisotopic (exact) mass is 272 g/mol. The van der Waals surface area contributed by atoms with Crippen molar-refractivity contribution in [2.45, 2.75) is 13.1 Å². The fourth-order valence-corrected chi connectivity index (χ4v) is 1.39. The van der Waals surface area contributed by atoms with Gasteiger partial charge in [-0.3, -0.25) is 4.79 Å². The maximum absolute atomic E-state index is 12.5. The van der Waals surface area contributed by atoms with Gasteiger partial charge in [-0.1, -0.05) is 12.1 Å². The highest BCUT2D eigenvalue weighted by Gasteiger charge is 2.30. The van der Waals surface area contributed by atoms with E-state index in [1.807, 2.05) is 0 Å². The van der Waals surface area contributed by atoms with Crippen LogP contribution in [0.4, 0.5) is 13.2 Å². The lowest BCUT2D eigenvalue weighted by Crippen LogP contribution is -2.11. The van der Waals surface area contributed by atoms with E-state index in [-0.39, 0.29) is 11.1 Å². The first-order valence-corrected chi connectivity index (χ1v) is 5.24. The lowest BCUT2D eigenvalue weighted by molar-refractivity contribution is -0.138. The quantitative estimate of drug-likeness (QED) is 0.368. The minimum absolute atomic E-state index is 0.102. The summed E-state index contributed by atoms with van der Waals surface area (Å²) < 4.78 is 41.9. The third-order valence-electron chi connectivity index (χ3n) is 2.31. The molecule has 19 heavy (non-hydrogen) atoms. The van der Waals surface area contributed by atoms with E-state index in [9.17, 15) is 22.8 Å². The van der Waals surface area contributed by atoms with Crippen LogP contribution in [-0.4, -0.2) is 18.9 Å². The fraction of sp³-hybridized carbons (Fsp3) is 0.231. The molecule has 0 fully saturated rings. The van der Waals surface area contributed by atoms with Crippen molar-refractivity contribution >= 4 is 17.8 Å². The molecule has 1 rings (SSSR count). The molecule has 0 bridgehead atoms. The molecule has 0 unspecified atom stereocenters. The molecule has 102 valence electrons. The number of benzene rings is 1. The van der Waals surface area contributed by atoms with E-state index >= 15 is 0 Å². The number of ketones is 1. The summed E-state index contributed by atoms with van der Waals surface area (Å²) in [4.78, 5) is 22.5. The Labute approximate surface area is 107 Å². The minimum atomic E-state index is -4.48. The van der Waals surface area contributed by atoms with Gasteiger partial charge in [0.25, 0.3) is 0 Å². The average molecular weight is 272 g/mol. The smallest absolute Gasteiger partial charge is 0.416 e. The first kappa shape index (κ1) is 14.9. The molecule has 0 atom stereocenters. The highest BCUT2D eigenvalue weighted by molar-refractivity contribution is 6.19. The summed E-state index contributed by atoms with van der Waals surface area (Å²) in [5.41, 5.74) is -1.05. The Morgan fingerprint density at radius 2 is 1.89 bits per heavy atom. The molecule has 0 aliphatic heterocycles. The molecule has 0 N–H and O–H groups in total. The van der Waals surface area contributed by atoms with Gasteiger partial charge >= 0.3 is 12.1 Å². The average Bonchev–Trinajstić information content (AvgIpc) is 2.34. The molecule has 6 heteroatoms. The molecule has 0 aliphatic rings. The maximum Gasteiger partial charge on any atom is 0.416 e. The second kappa shape index (κ2) is 5.69. The number of esters is 1. The van der Waals surface area contributed by atoms with E-state index in [0.29, 0.717) is 0 Å². The summed E-state index contributed by atoms with van der Waals surface area (Å²) in [7, 11) is 1.09. The molecule has 0 aliphatic carbocycles. The summed E-state index contributed by atoms with van der Waals surface area (Å²) in [6, 6.07) is 4.32. The minimum Gasteiger partial charge on any atom is -0.465 e. The van der Waals surface area contributed by atoms with Crippen LogP contribution >= 0.6 is 0 Å². The van der Waals surface area contributed by atoms with E-state index in [2.05, 4.69) is 4.74 Å². The van der Waals surface area contributed by atoms with Crippen molar-refractivity contribution < 1.29 is 27.5 Å². The molecule has 0 saturated carbocycles. The van der Waals surface area contributed by atoms with E-state index in [0.717, 1.165) is 32.2 Å². The van der Waals surface area contributed by atoms with Gasteiger partial charge in [0.1, 0.15) is 5.57 Å². The summed E-state index contributed by atoms with van der Waals surface area (Å²) in [6.45, 7) is 1.14. The van der Waals surface area contributed by atoms with E-state index in [1.54, 1.807) is 0 Å². The first-order chi connectivity index (χ1) is 8.75. The van der Waals surface area contributed by atoms with Gasteiger partial charge in [-0.05, 0) is 30.7 Å². The second-order valence-electron chi connectivity index (χ2n) is 3.73. The third kappa shape index (κ3) is 3.94. The Balaban J connectivity index is 3.23. The van der Waals surface area contributed by atoms with Gasteiger partial charge in [0, 0.05) is 0 Å².